The van der Waals surface area contributed by atoms with E-state index in [9.17, 15) is 5.11 Å². The maximum absolute atomic E-state index is 10.6. The lowest BCUT2D eigenvalue weighted by atomic mass is 10.1. The predicted octanol–water partition coefficient (Wildman–Crippen LogP) is 2.89. The van der Waals surface area contributed by atoms with Crippen molar-refractivity contribution in [2.24, 2.45) is 0 Å². The second kappa shape index (κ2) is 6.99. The van der Waals surface area contributed by atoms with Crippen LogP contribution in [0, 0.1) is 11.3 Å². The van der Waals surface area contributed by atoms with E-state index in [0.29, 0.717) is 23.7 Å². The number of imidazole rings is 1. The average molecular weight is 319 g/mol. The van der Waals surface area contributed by atoms with Gasteiger partial charge in [0.1, 0.15) is 17.7 Å². The summed E-state index contributed by atoms with van der Waals surface area (Å²) in [4.78, 5) is 4.29. The minimum absolute atomic E-state index is 0.456. The van der Waals surface area contributed by atoms with Gasteiger partial charge in [0, 0.05) is 18.0 Å². The van der Waals surface area contributed by atoms with Gasteiger partial charge in [-0.1, -0.05) is 30.3 Å². The summed E-state index contributed by atoms with van der Waals surface area (Å²) < 4.78 is 7.23. The zero-order valence-electron chi connectivity index (χ0n) is 13.3. The number of rotatable bonds is 5. The van der Waals surface area contributed by atoms with E-state index in [1.54, 1.807) is 37.7 Å². The predicted molar refractivity (Wildman–Crippen MR) is 89.5 cm³/mol. The molecule has 5 nitrogen and oxygen atoms in total. The van der Waals surface area contributed by atoms with Crippen LogP contribution in [0.15, 0.2) is 60.9 Å². The number of aliphatic hydroxyl groups is 1. The molecule has 0 fully saturated rings. The van der Waals surface area contributed by atoms with Crippen molar-refractivity contribution >= 4 is 0 Å². The standard InChI is InChI=1S/C19H17N3O2/c1-24-17-8-7-14(12-20)11-16(17)13-22-10-9-21-19(22)18(23)15-5-3-2-4-6-15/h2-11,18,23H,13H2,1H3/t18-/m0/s1. The molecule has 2 aromatic carbocycles. The molecule has 120 valence electrons. The molecule has 0 saturated heterocycles. The summed E-state index contributed by atoms with van der Waals surface area (Å²) in [5.74, 6) is 1.24. The van der Waals surface area contributed by atoms with E-state index in [2.05, 4.69) is 11.1 Å². The highest BCUT2D eigenvalue weighted by Gasteiger charge is 2.17. The van der Waals surface area contributed by atoms with Crippen LogP contribution in [-0.4, -0.2) is 21.8 Å². The van der Waals surface area contributed by atoms with Crippen molar-refractivity contribution in [1.82, 2.24) is 9.55 Å². The monoisotopic (exact) mass is 319 g/mol. The van der Waals surface area contributed by atoms with Gasteiger partial charge in [-0.2, -0.15) is 5.26 Å². The lowest BCUT2D eigenvalue weighted by Crippen LogP contribution is -2.11. The third-order valence-electron chi connectivity index (χ3n) is 3.86. The van der Waals surface area contributed by atoms with Crippen LogP contribution in [0.5, 0.6) is 5.75 Å². The molecule has 0 unspecified atom stereocenters. The lowest BCUT2D eigenvalue weighted by molar-refractivity contribution is 0.205. The molecule has 1 N–H and O–H groups in total. The molecule has 1 atom stereocenters. The van der Waals surface area contributed by atoms with Gasteiger partial charge in [-0.25, -0.2) is 4.98 Å². The molecule has 3 aromatic rings. The first-order valence-electron chi connectivity index (χ1n) is 7.54. The van der Waals surface area contributed by atoms with Gasteiger partial charge in [0.25, 0.3) is 0 Å². The van der Waals surface area contributed by atoms with Gasteiger partial charge >= 0.3 is 0 Å². The summed E-state index contributed by atoms with van der Waals surface area (Å²) in [6, 6.07) is 16.8. The number of nitrogens with zero attached hydrogens (tertiary/aromatic N) is 3. The zero-order chi connectivity index (χ0) is 16.9. The van der Waals surface area contributed by atoms with Gasteiger partial charge in [-0.05, 0) is 23.8 Å². The molecule has 24 heavy (non-hydrogen) atoms. The fourth-order valence-corrected chi connectivity index (χ4v) is 2.64. The molecule has 0 aliphatic heterocycles. The van der Waals surface area contributed by atoms with Crippen LogP contribution in [0.25, 0.3) is 0 Å². The Morgan fingerprint density at radius 3 is 2.75 bits per heavy atom. The fourth-order valence-electron chi connectivity index (χ4n) is 2.64. The SMILES string of the molecule is COc1ccc(C#N)cc1Cn1ccnc1[C@@H](O)c1ccccc1. The molecule has 0 amide bonds. The normalized spacial score (nSPS) is 11.7. The highest BCUT2D eigenvalue weighted by molar-refractivity contribution is 5.42. The lowest BCUT2D eigenvalue weighted by Gasteiger charge is -2.15. The van der Waals surface area contributed by atoms with Crippen molar-refractivity contribution in [2.45, 2.75) is 12.6 Å². The Balaban J connectivity index is 1.93. The molecular weight excluding hydrogens is 302 g/mol. The first kappa shape index (κ1) is 15.8. The maximum Gasteiger partial charge on any atom is 0.142 e. The van der Waals surface area contributed by atoms with Crippen LogP contribution in [0.1, 0.15) is 28.6 Å². The summed E-state index contributed by atoms with van der Waals surface area (Å²) in [6.45, 7) is 0.456. The molecule has 0 saturated carbocycles. The number of hydrogen-bond acceptors (Lipinski definition) is 4. The Kier molecular flexibility index (Phi) is 4.59. The molecular formula is C19H17N3O2. The Labute approximate surface area is 140 Å². The summed E-state index contributed by atoms with van der Waals surface area (Å²) in [7, 11) is 1.60. The van der Waals surface area contributed by atoms with E-state index < -0.39 is 6.10 Å². The molecule has 0 aliphatic carbocycles. The summed E-state index contributed by atoms with van der Waals surface area (Å²) in [5.41, 5.74) is 2.20. The number of methoxy groups -OCH3 is 1. The topological polar surface area (TPSA) is 71.1 Å². The number of hydrogen-bond donors (Lipinski definition) is 1. The van der Waals surface area contributed by atoms with E-state index >= 15 is 0 Å². The quantitative estimate of drug-likeness (QED) is 0.785. The van der Waals surface area contributed by atoms with Crippen molar-refractivity contribution in [3.05, 3.63) is 83.4 Å². The van der Waals surface area contributed by atoms with Crippen LogP contribution < -0.4 is 4.74 Å². The van der Waals surface area contributed by atoms with Crippen molar-refractivity contribution in [1.29, 1.82) is 5.26 Å². The van der Waals surface area contributed by atoms with Crippen LogP contribution in [-0.2, 0) is 6.54 Å². The largest absolute Gasteiger partial charge is 0.496 e. The van der Waals surface area contributed by atoms with Gasteiger partial charge in [-0.3, -0.25) is 0 Å². The van der Waals surface area contributed by atoms with Crippen LogP contribution >= 0.6 is 0 Å². The molecule has 0 radical (unpaired) electrons. The second-order valence-electron chi connectivity index (χ2n) is 5.36. The van der Waals surface area contributed by atoms with E-state index in [-0.39, 0.29) is 0 Å². The number of ether oxygens (including phenoxy) is 1. The molecule has 1 heterocycles. The van der Waals surface area contributed by atoms with Crippen LogP contribution in [0.2, 0.25) is 0 Å². The highest BCUT2D eigenvalue weighted by Crippen LogP contribution is 2.24. The second-order valence-corrected chi connectivity index (χ2v) is 5.36. The van der Waals surface area contributed by atoms with Gasteiger partial charge in [0.2, 0.25) is 0 Å². The van der Waals surface area contributed by atoms with Gasteiger partial charge in [0.15, 0.2) is 0 Å². The van der Waals surface area contributed by atoms with Crippen LogP contribution in [0.4, 0.5) is 0 Å². The number of aromatic nitrogens is 2. The number of nitriles is 1. The molecule has 0 aliphatic rings. The summed E-state index contributed by atoms with van der Waals surface area (Å²) in [5, 5.41) is 19.7. The van der Waals surface area contributed by atoms with Crippen molar-refractivity contribution in [3.63, 3.8) is 0 Å². The Morgan fingerprint density at radius 2 is 2.04 bits per heavy atom. The van der Waals surface area contributed by atoms with E-state index in [0.717, 1.165) is 11.1 Å². The Hall–Kier alpha value is -3.10. The minimum Gasteiger partial charge on any atom is -0.496 e. The van der Waals surface area contributed by atoms with E-state index in [1.807, 2.05) is 34.9 Å². The van der Waals surface area contributed by atoms with Gasteiger partial charge in [0.05, 0.1) is 25.3 Å². The van der Waals surface area contributed by atoms with E-state index in [4.69, 9.17) is 10.00 Å². The maximum atomic E-state index is 10.6. The average Bonchev–Trinajstić information content (AvgIpc) is 3.09. The Morgan fingerprint density at radius 1 is 1.25 bits per heavy atom. The van der Waals surface area contributed by atoms with Crippen molar-refractivity contribution in [2.75, 3.05) is 7.11 Å². The molecule has 1 aromatic heterocycles. The zero-order valence-corrected chi connectivity index (χ0v) is 13.3. The number of benzene rings is 2. The minimum atomic E-state index is -0.814. The number of aliphatic hydroxyl groups excluding tert-OH is 1. The highest BCUT2D eigenvalue weighted by atomic mass is 16.5. The summed E-state index contributed by atoms with van der Waals surface area (Å²) >= 11 is 0. The van der Waals surface area contributed by atoms with Crippen molar-refractivity contribution in [3.8, 4) is 11.8 Å². The fraction of sp³-hybridized carbons (Fsp3) is 0.158. The van der Waals surface area contributed by atoms with Gasteiger partial charge < -0.3 is 14.4 Å². The van der Waals surface area contributed by atoms with Gasteiger partial charge in [-0.15, -0.1) is 0 Å². The smallest absolute Gasteiger partial charge is 0.142 e. The molecule has 5 heteroatoms. The molecule has 3 rings (SSSR count). The summed E-state index contributed by atoms with van der Waals surface area (Å²) in [6.07, 6.45) is 2.65. The van der Waals surface area contributed by atoms with E-state index in [1.165, 1.54) is 0 Å². The molecule has 0 spiro atoms. The Bertz CT molecular complexity index is 866. The third-order valence-corrected chi connectivity index (χ3v) is 3.86. The third kappa shape index (κ3) is 3.14. The molecule has 0 bridgehead atoms. The first-order valence-corrected chi connectivity index (χ1v) is 7.54. The van der Waals surface area contributed by atoms with Crippen LogP contribution in [0.3, 0.4) is 0 Å². The first-order chi connectivity index (χ1) is 11.7. The van der Waals surface area contributed by atoms with Crippen molar-refractivity contribution < 1.29 is 9.84 Å².